The number of benzene rings is 4. The number of carbonyl (C=O) groups excluding carboxylic acids is 1. The first-order valence-electron chi connectivity index (χ1n) is 15.0. The van der Waals surface area contributed by atoms with Crippen LogP contribution in [0.4, 0.5) is 5.69 Å². The fraction of sp³-hybridized carbons (Fsp3) is 0.270. The van der Waals surface area contributed by atoms with Gasteiger partial charge in [0.05, 0.1) is 12.2 Å². The molecule has 5 heteroatoms. The number of carbonyl (C=O) groups is 1. The quantitative estimate of drug-likeness (QED) is 0.164. The van der Waals surface area contributed by atoms with E-state index in [-0.39, 0.29) is 5.97 Å². The van der Waals surface area contributed by atoms with Gasteiger partial charge in [0, 0.05) is 71.1 Å². The van der Waals surface area contributed by atoms with Crippen molar-refractivity contribution in [2.45, 2.75) is 46.3 Å². The number of ether oxygens (including phenoxy) is 2. The molecule has 5 nitrogen and oxygen atoms in total. The molecule has 0 saturated heterocycles. The summed E-state index contributed by atoms with van der Waals surface area (Å²) in [6.07, 6.45) is 0.771. The van der Waals surface area contributed by atoms with Gasteiger partial charge < -0.3 is 18.9 Å². The summed E-state index contributed by atoms with van der Waals surface area (Å²) >= 11 is 0. The standard InChI is InChI=1S/C37H38N2O3/c1-5-38(6-2)28-21-22-32(34(25-28)41-24-23-27-15-9-8-10-16-27)37(31-19-13-11-17-29(31)36(40)42-37)35-26(4)39(7-3)33-20-14-12-18-30(33)35/h8-22,25H,5-7,23-24H2,1-4H3. The summed E-state index contributed by atoms with van der Waals surface area (Å²) < 4.78 is 15.6. The minimum atomic E-state index is -1.17. The molecule has 0 fully saturated rings. The third-order valence-electron chi connectivity index (χ3n) is 8.64. The van der Waals surface area contributed by atoms with E-state index in [2.05, 4.69) is 104 Å². The highest BCUT2D eigenvalue weighted by molar-refractivity contribution is 5.99. The lowest BCUT2D eigenvalue weighted by Gasteiger charge is -2.33. The molecule has 0 spiro atoms. The second-order valence-electron chi connectivity index (χ2n) is 10.8. The molecule has 0 aliphatic carbocycles. The number of rotatable bonds is 10. The Morgan fingerprint density at radius 3 is 2.31 bits per heavy atom. The molecule has 0 amide bonds. The van der Waals surface area contributed by atoms with Gasteiger partial charge in [-0.25, -0.2) is 4.79 Å². The molecule has 1 aliphatic heterocycles. The SMILES string of the molecule is CCN(CC)c1ccc(C2(c3c(C)n(CC)c4ccccc34)OC(=O)c3ccccc32)c(OCCc2ccccc2)c1. The fourth-order valence-electron chi connectivity index (χ4n) is 6.65. The van der Waals surface area contributed by atoms with E-state index in [1.165, 1.54) is 5.56 Å². The number of aromatic nitrogens is 1. The Kier molecular flexibility index (Phi) is 7.51. The number of fused-ring (bicyclic) bond motifs is 2. The summed E-state index contributed by atoms with van der Waals surface area (Å²) in [5.74, 6) is 0.411. The maximum Gasteiger partial charge on any atom is 0.340 e. The number of hydrogen-bond acceptors (Lipinski definition) is 4. The number of cyclic esters (lactones) is 1. The van der Waals surface area contributed by atoms with E-state index < -0.39 is 5.60 Å². The van der Waals surface area contributed by atoms with E-state index in [4.69, 9.17) is 9.47 Å². The Morgan fingerprint density at radius 2 is 1.55 bits per heavy atom. The number of aryl methyl sites for hydroxylation is 1. The Labute approximate surface area is 248 Å². The van der Waals surface area contributed by atoms with Gasteiger partial charge in [0.1, 0.15) is 5.75 Å². The van der Waals surface area contributed by atoms with Crippen molar-refractivity contribution in [3.8, 4) is 5.75 Å². The lowest BCUT2D eigenvalue weighted by atomic mass is 9.78. The van der Waals surface area contributed by atoms with Crippen LogP contribution in [0.25, 0.3) is 10.9 Å². The van der Waals surface area contributed by atoms with E-state index in [1.807, 2.05) is 30.3 Å². The van der Waals surface area contributed by atoms with Crippen LogP contribution in [0.5, 0.6) is 5.75 Å². The zero-order valence-electron chi connectivity index (χ0n) is 24.9. The van der Waals surface area contributed by atoms with Crippen molar-refractivity contribution in [1.82, 2.24) is 4.57 Å². The van der Waals surface area contributed by atoms with Gasteiger partial charge >= 0.3 is 5.97 Å². The lowest BCUT2D eigenvalue weighted by Crippen LogP contribution is -2.31. The van der Waals surface area contributed by atoms with Crippen molar-refractivity contribution in [3.05, 3.63) is 131 Å². The summed E-state index contributed by atoms with van der Waals surface area (Å²) in [6.45, 7) is 11.7. The van der Waals surface area contributed by atoms with Crippen molar-refractivity contribution in [2.75, 3.05) is 24.6 Å². The van der Waals surface area contributed by atoms with Gasteiger partial charge in [-0.2, -0.15) is 0 Å². The number of esters is 1. The highest BCUT2D eigenvalue weighted by Crippen LogP contribution is 2.53. The van der Waals surface area contributed by atoms with Crippen LogP contribution in [0, 0.1) is 6.92 Å². The Hall–Kier alpha value is -4.51. The molecule has 214 valence electrons. The summed E-state index contributed by atoms with van der Waals surface area (Å²) in [4.78, 5) is 16.0. The van der Waals surface area contributed by atoms with Crippen molar-refractivity contribution in [2.24, 2.45) is 0 Å². The second-order valence-corrected chi connectivity index (χ2v) is 10.8. The van der Waals surface area contributed by atoms with Gasteiger partial charge in [-0.15, -0.1) is 0 Å². The monoisotopic (exact) mass is 558 g/mol. The van der Waals surface area contributed by atoms with E-state index in [1.54, 1.807) is 0 Å². The summed E-state index contributed by atoms with van der Waals surface area (Å²) in [5.41, 5.74) is 6.60. The molecule has 0 N–H and O–H groups in total. The topological polar surface area (TPSA) is 43.7 Å². The predicted octanol–water partition coefficient (Wildman–Crippen LogP) is 7.90. The van der Waals surface area contributed by atoms with E-state index in [0.717, 1.165) is 70.8 Å². The van der Waals surface area contributed by atoms with Crippen LogP contribution in [-0.4, -0.2) is 30.2 Å². The Bertz CT molecular complexity index is 1740. The van der Waals surface area contributed by atoms with E-state index >= 15 is 0 Å². The fourth-order valence-corrected chi connectivity index (χ4v) is 6.65. The zero-order chi connectivity index (χ0) is 29.3. The Balaban J connectivity index is 1.61. The highest BCUT2D eigenvalue weighted by Gasteiger charge is 2.52. The molecule has 1 atom stereocenters. The van der Waals surface area contributed by atoms with Gasteiger partial charge in [0.2, 0.25) is 0 Å². The average molecular weight is 559 g/mol. The first kappa shape index (κ1) is 27.6. The molecular weight excluding hydrogens is 520 g/mol. The van der Waals surface area contributed by atoms with Gasteiger partial charge in [0.25, 0.3) is 0 Å². The zero-order valence-corrected chi connectivity index (χ0v) is 24.9. The lowest BCUT2D eigenvalue weighted by molar-refractivity contribution is 0.0246. The van der Waals surface area contributed by atoms with Gasteiger partial charge in [-0.05, 0) is 57.5 Å². The molecule has 2 heterocycles. The minimum Gasteiger partial charge on any atom is -0.493 e. The van der Waals surface area contributed by atoms with Crippen LogP contribution in [-0.2, 0) is 23.3 Å². The third kappa shape index (κ3) is 4.44. The number of para-hydroxylation sites is 1. The molecule has 0 radical (unpaired) electrons. The second kappa shape index (κ2) is 11.4. The molecule has 0 saturated carbocycles. The van der Waals surface area contributed by atoms with Crippen molar-refractivity contribution < 1.29 is 14.3 Å². The van der Waals surface area contributed by atoms with Gasteiger partial charge in [-0.3, -0.25) is 0 Å². The van der Waals surface area contributed by atoms with E-state index in [9.17, 15) is 4.79 Å². The number of nitrogens with zero attached hydrogens (tertiary/aromatic N) is 2. The Morgan fingerprint density at radius 1 is 0.833 bits per heavy atom. The van der Waals surface area contributed by atoms with Crippen LogP contribution >= 0.6 is 0 Å². The molecule has 6 rings (SSSR count). The number of hydrogen-bond donors (Lipinski definition) is 0. The maximum atomic E-state index is 13.7. The highest BCUT2D eigenvalue weighted by atomic mass is 16.6. The predicted molar refractivity (Wildman–Crippen MR) is 170 cm³/mol. The molecule has 42 heavy (non-hydrogen) atoms. The molecule has 0 bridgehead atoms. The van der Waals surface area contributed by atoms with Crippen LogP contribution in [0.2, 0.25) is 0 Å². The van der Waals surface area contributed by atoms with Crippen LogP contribution in [0.1, 0.15) is 59.1 Å². The molecule has 1 aliphatic rings. The van der Waals surface area contributed by atoms with Crippen LogP contribution in [0.3, 0.4) is 0 Å². The number of anilines is 1. The average Bonchev–Trinajstić information content (AvgIpc) is 3.48. The first-order chi connectivity index (χ1) is 20.5. The van der Waals surface area contributed by atoms with Gasteiger partial charge in [0.15, 0.2) is 5.60 Å². The molecule has 4 aromatic carbocycles. The minimum absolute atomic E-state index is 0.318. The summed E-state index contributed by atoms with van der Waals surface area (Å²) in [7, 11) is 0. The first-order valence-corrected chi connectivity index (χ1v) is 15.0. The molecule has 1 aromatic heterocycles. The summed E-state index contributed by atoms with van der Waals surface area (Å²) in [6, 6.07) is 32.9. The van der Waals surface area contributed by atoms with Crippen molar-refractivity contribution >= 4 is 22.6 Å². The third-order valence-corrected chi connectivity index (χ3v) is 8.64. The molecule has 5 aromatic rings. The molecule has 1 unspecified atom stereocenters. The molecular formula is C37H38N2O3. The van der Waals surface area contributed by atoms with Crippen LogP contribution < -0.4 is 9.64 Å². The normalized spacial score (nSPS) is 16.0. The van der Waals surface area contributed by atoms with E-state index in [0.29, 0.717) is 12.2 Å². The van der Waals surface area contributed by atoms with Crippen LogP contribution in [0.15, 0.2) is 97.1 Å². The van der Waals surface area contributed by atoms with Gasteiger partial charge in [-0.1, -0.05) is 66.7 Å². The maximum absolute atomic E-state index is 13.7. The van der Waals surface area contributed by atoms with Crippen molar-refractivity contribution in [3.63, 3.8) is 0 Å². The largest absolute Gasteiger partial charge is 0.493 e. The van der Waals surface area contributed by atoms with Crippen molar-refractivity contribution in [1.29, 1.82) is 0 Å². The smallest absolute Gasteiger partial charge is 0.340 e. The summed E-state index contributed by atoms with van der Waals surface area (Å²) in [5, 5.41) is 1.07.